The van der Waals surface area contributed by atoms with Crippen LogP contribution in [-0.4, -0.2) is 40.9 Å². The molecule has 5 nitrogen and oxygen atoms in total. The van der Waals surface area contributed by atoms with Crippen molar-refractivity contribution in [3.05, 3.63) is 36.0 Å². The average Bonchev–Trinajstić information content (AvgIpc) is 2.99. The van der Waals surface area contributed by atoms with Crippen LogP contribution in [0.1, 0.15) is 45.7 Å². The van der Waals surface area contributed by atoms with Crippen LogP contribution < -0.4 is 10.5 Å². The first kappa shape index (κ1) is 17.8. The maximum atomic E-state index is 6.13. The Morgan fingerprint density at radius 1 is 1.08 bits per heavy atom. The van der Waals surface area contributed by atoms with Gasteiger partial charge < -0.3 is 10.5 Å². The Bertz CT molecular complexity index is 679. The summed E-state index contributed by atoms with van der Waals surface area (Å²) in [5.74, 6) is 1.55. The van der Waals surface area contributed by atoms with Crippen molar-refractivity contribution in [2.24, 2.45) is 0 Å². The van der Waals surface area contributed by atoms with Crippen LogP contribution in [0, 0.1) is 0 Å². The number of nitrogens with zero attached hydrogens (tertiary/aromatic N) is 3. The predicted octanol–water partition coefficient (Wildman–Crippen LogP) is 3.62. The van der Waals surface area contributed by atoms with Crippen LogP contribution in [0.25, 0.3) is 5.69 Å². The Kier molecular flexibility index (Phi) is 5.33. The average molecular weight is 342 g/mol. The van der Waals surface area contributed by atoms with E-state index in [-0.39, 0.29) is 5.41 Å². The number of anilines is 1. The van der Waals surface area contributed by atoms with Gasteiger partial charge in [-0.15, -0.1) is 0 Å². The summed E-state index contributed by atoms with van der Waals surface area (Å²) in [5.41, 5.74) is 8.07. The zero-order valence-electron chi connectivity index (χ0n) is 15.7. The number of aromatic nitrogens is 2. The molecular weight excluding hydrogens is 312 g/mol. The molecule has 0 radical (unpaired) electrons. The van der Waals surface area contributed by atoms with Crippen molar-refractivity contribution < 1.29 is 4.74 Å². The molecule has 1 aromatic carbocycles. The summed E-state index contributed by atoms with van der Waals surface area (Å²) in [4.78, 5) is 2.48. The Labute approximate surface area is 150 Å². The number of piperidine rings is 1. The molecule has 0 saturated carbocycles. The van der Waals surface area contributed by atoms with Crippen LogP contribution in [0.2, 0.25) is 0 Å². The topological polar surface area (TPSA) is 56.3 Å². The van der Waals surface area contributed by atoms with Crippen LogP contribution in [0.3, 0.4) is 0 Å². The third-order valence-electron chi connectivity index (χ3n) is 4.71. The van der Waals surface area contributed by atoms with E-state index >= 15 is 0 Å². The van der Waals surface area contributed by atoms with Crippen molar-refractivity contribution >= 4 is 5.82 Å². The number of likely N-dealkylation sites (tertiary alicyclic amines) is 1. The van der Waals surface area contributed by atoms with Crippen molar-refractivity contribution in [1.82, 2.24) is 14.7 Å². The molecule has 0 atom stereocenters. The lowest BCUT2D eigenvalue weighted by atomic mass is 9.92. The minimum Gasteiger partial charge on any atom is -0.492 e. The maximum Gasteiger partial charge on any atom is 0.127 e. The molecule has 136 valence electrons. The minimum absolute atomic E-state index is 0.0170. The van der Waals surface area contributed by atoms with E-state index in [0.29, 0.717) is 5.82 Å². The summed E-state index contributed by atoms with van der Waals surface area (Å²) in [6.07, 6.45) is 4.00. The fourth-order valence-electron chi connectivity index (χ4n) is 3.13. The summed E-state index contributed by atoms with van der Waals surface area (Å²) in [5, 5.41) is 4.65. The molecule has 1 fully saturated rings. The third-order valence-corrected chi connectivity index (χ3v) is 4.71. The fourth-order valence-corrected chi connectivity index (χ4v) is 3.13. The van der Waals surface area contributed by atoms with Crippen LogP contribution >= 0.6 is 0 Å². The van der Waals surface area contributed by atoms with Crippen molar-refractivity contribution in [3.63, 3.8) is 0 Å². The zero-order chi connectivity index (χ0) is 17.9. The van der Waals surface area contributed by atoms with Gasteiger partial charge in [0.05, 0.1) is 11.4 Å². The Hall–Kier alpha value is -2.01. The number of ether oxygens (including phenoxy) is 1. The van der Waals surface area contributed by atoms with Gasteiger partial charge in [0, 0.05) is 18.0 Å². The van der Waals surface area contributed by atoms with Gasteiger partial charge in [0.1, 0.15) is 18.2 Å². The largest absolute Gasteiger partial charge is 0.492 e. The monoisotopic (exact) mass is 342 g/mol. The number of hydrogen-bond donors (Lipinski definition) is 1. The summed E-state index contributed by atoms with van der Waals surface area (Å²) in [7, 11) is 0. The Balaban J connectivity index is 1.59. The smallest absolute Gasteiger partial charge is 0.127 e. The van der Waals surface area contributed by atoms with Gasteiger partial charge >= 0.3 is 0 Å². The molecule has 5 heteroatoms. The van der Waals surface area contributed by atoms with E-state index in [1.807, 2.05) is 30.3 Å². The van der Waals surface area contributed by atoms with Gasteiger partial charge in [0.2, 0.25) is 0 Å². The van der Waals surface area contributed by atoms with Crippen molar-refractivity contribution in [3.8, 4) is 11.4 Å². The van der Waals surface area contributed by atoms with E-state index in [1.165, 1.54) is 32.4 Å². The highest BCUT2D eigenvalue weighted by atomic mass is 16.5. The lowest BCUT2D eigenvalue weighted by Crippen LogP contribution is -2.33. The van der Waals surface area contributed by atoms with E-state index in [1.54, 1.807) is 4.68 Å². The summed E-state index contributed by atoms with van der Waals surface area (Å²) in [6, 6.07) is 9.94. The standard InChI is InChI=1S/C20H30N4O/c1-20(2,3)18-15-19(21)24(22-18)16-7-9-17(10-8-16)25-14-13-23-11-5-4-6-12-23/h7-10,15H,4-6,11-14,21H2,1-3H3. The molecule has 0 unspecified atom stereocenters. The second-order valence-electron chi connectivity index (χ2n) is 7.86. The Morgan fingerprint density at radius 2 is 1.76 bits per heavy atom. The van der Waals surface area contributed by atoms with Gasteiger partial charge in [-0.05, 0) is 50.2 Å². The quantitative estimate of drug-likeness (QED) is 0.902. The van der Waals surface area contributed by atoms with Gasteiger partial charge in [0.25, 0.3) is 0 Å². The molecule has 0 spiro atoms. The molecule has 1 aliphatic rings. The molecule has 1 saturated heterocycles. The van der Waals surface area contributed by atoms with Crippen LogP contribution in [-0.2, 0) is 5.41 Å². The van der Waals surface area contributed by atoms with Crippen LogP contribution in [0.4, 0.5) is 5.82 Å². The molecule has 0 bridgehead atoms. The van der Waals surface area contributed by atoms with Crippen molar-refractivity contribution in [1.29, 1.82) is 0 Å². The van der Waals surface area contributed by atoms with Crippen molar-refractivity contribution in [2.45, 2.75) is 45.4 Å². The number of benzene rings is 1. The highest BCUT2D eigenvalue weighted by Crippen LogP contribution is 2.25. The predicted molar refractivity (Wildman–Crippen MR) is 102 cm³/mol. The molecular formula is C20H30N4O. The van der Waals surface area contributed by atoms with Gasteiger partial charge in [-0.1, -0.05) is 27.2 Å². The summed E-state index contributed by atoms with van der Waals surface area (Å²) >= 11 is 0. The van der Waals surface area contributed by atoms with Gasteiger partial charge in [-0.2, -0.15) is 5.10 Å². The normalized spacial score (nSPS) is 16.1. The highest BCUT2D eigenvalue weighted by molar-refractivity contribution is 5.45. The molecule has 25 heavy (non-hydrogen) atoms. The fraction of sp³-hybridized carbons (Fsp3) is 0.550. The lowest BCUT2D eigenvalue weighted by molar-refractivity contribution is 0.183. The first-order valence-electron chi connectivity index (χ1n) is 9.25. The first-order valence-corrected chi connectivity index (χ1v) is 9.25. The zero-order valence-corrected chi connectivity index (χ0v) is 15.7. The van der Waals surface area contributed by atoms with Crippen LogP contribution in [0.5, 0.6) is 5.75 Å². The maximum absolute atomic E-state index is 6.13. The first-order chi connectivity index (χ1) is 11.9. The molecule has 0 amide bonds. The number of nitrogens with two attached hydrogens (primary N) is 1. The molecule has 2 aromatic rings. The molecule has 1 aromatic heterocycles. The lowest BCUT2D eigenvalue weighted by Gasteiger charge is -2.26. The third kappa shape index (κ3) is 4.54. The van der Waals surface area contributed by atoms with E-state index in [9.17, 15) is 0 Å². The van der Waals surface area contributed by atoms with E-state index < -0.39 is 0 Å². The molecule has 3 rings (SSSR count). The van der Waals surface area contributed by atoms with Gasteiger partial charge in [0.15, 0.2) is 0 Å². The highest BCUT2D eigenvalue weighted by Gasteiger charge is 2.19. The van der Waals surface area contributed by atoms with Crippen molar-refractivity contribution in [2.75, 3.05) is 32.0 Å². The summed E-state index contributed by atoms with van der Waals surface area (Å²) < 4.78 is 7.68. The number of hydrogen-bond acceptors (Lipinski definition) is 4. The van der Waals surface area contributed by atoms with E-state index in [0.717, 1.165) is 30.3 Å². The summed E-state index contributed by atoms with van der Waals surface area (Å²) in [6.45, 7) is 10.6. The van der Waals surface area contributed by atoms with E-state index in [4.69, 9.17) is 10.5 Å². The molecule has 2 heterocycles. The second-order valence-corrected chi connectivity index (χ2v) is 7.86. The van der Waals surface area contributed by atoms with Gasteiger partial charge in [-0.3, -0.25) is 4.90 Å². The molecule has 1 aliphatic heterocycles. The second kappa shape index (κ2) is 7.48. The Morgan fingerprint density at radius 3 is 2.36 bits per heavy atom. The van der Waals surface area contributed by atoms with E-state index in [2.05, 4.69) is 30.8 Å². The molecule has 0 aliphatic carbocycles. The number of nitrogen functional groups attached to an aromatic ring is 1. The molecule has 2 N–H and O–H groups in total. The minimum atomic E-state index is -0.0170. The van der Waals surface area contributed by atoms with Crippen LogP contribution in [0.15, 0.2) is 30.3 Å². The number of rotatable bonds is 5. The van der Waals surface area contributed by atoms with Gasteiger partial charge in [-0.25, -0.2) is 4.68 Å². The SMILES string of the molecule is CC(C)(C)c1cc(N)n(-c2ccc(OCCN3CCCCC3)cc2)n1.